The average molecular weight is 383 g/mol. The van der Waals surface area contributed by atoms with Crippen LogP contribution in [0.3, 0.4) is 0 Å². The second-order valence-electron chi connectivity index (χ2n) is 4.61. The van der Waals surface area contributed by atoms with Gasteiger partial charge in [0.2, 0.25) is 0 Å². The molecular formula is C14H15ClF3N2O3P. The molecule has 24 heavy (non-hydrogen) atoms. The summed E-state index contributed by atoms with van der Waals surface area (Å²) >= 11 is 5.75. The van der Waals surface area contributed by atoms with Gasteiger partial charge in [0.1, 0.15) is 5.69 Å². The fourth-order valence-electron chi connectivity index (χ4n) is 1.99. The number of nitrogens with zero attached hydrogens (tertiary/aromatic N) is 2. The molecule has 0 atom stereocenters. The van der Waals surface area contributed by atoms with Crippen molar-refractivity contribution in [2.45, 2.75) is 20.0 Å². The van der Waals surface area contributed by atoms with Crippen molar-refractivity contribution in [1.82, 2.24) is 9.78 Å². The third-order valence-corrected chi connectivity index (χ3v) is 5.16. The minimum Gasteiger partial charge on any atom is -0.304 e. The molecule has 0 amide bonds. The third-order valence-electron chi connectivity index (χ3n) is 2.94. The van der Waals surface area contributed by atoms with Crippen molar-refractivity contribution in [3.05, 3.63) is 41.0 Å². The van der Waals surface area contributed by atoms with Crippen LogP contribution in [0.2, 0.25) is 5.02 Å². The molecule has 0 radical (unpaired) electrons. The van der Waals surface area contributed by atoms with Gasteiger partial charge < -0.3 is 9.05 Å². The zero-order chi connectivity index (χ0) is 18.0. The van der Waals surface area contributed by atoms with Gasteiger partial charge in [-0.3, -0.25) is 4.57 Å². The molecule has 2 rings (SSSR count). The molecule has 0 saturated carbocycles. The van der Waals surface area contributed by atoms with Gasteiger partial charge in [0.15, 0.2) is 5.44 Å². The van der Waals surface area contributed by atoms with E-state index < -0.39 is 24.9 Å². The van der Waals surface area contributed by atoms with Crippen LogP contribution in [0.1, 0.15) is 19.5 Å². The van der Waals surface area contributed by atoms with Crippen LogP contribution in [-0.4, -0.2) is 23.0 Å². The number of hydrogen-bond donors (Lipinski definition) is 0. The topological polar surface area (TPSA) is 53.4 Å². The van der Waals surface area contributed by atoms with E-state index in [1.807, 2.05) is 0 Å². The highest BCUT2D eigenvalue weighted by molar-refractivity contribution is 7.61. The van der Waals surface area contributed by atoms with E-state index in [4.69, 9.17) is 20.6 Å². The van der Waals surface area contributed by atoms with Crippen molar-refractivity contribution in [3.8, 4) is 5.69 Å². The monoisotopic (exact) mass is 382 g/mol. The first-order chi connectivity index (χ1) is 11.2. The lowest BCUT2D eigenvalue weighted by Gasteiger charge is -2.14. The summed E-state index contributed by atoms with van der Waals surface area (Å²) in [6.07, 6.45) is -4.70. The first-order valence-electron chi connectivity index (χ1n) is 7.04. The summed E-state index contributed by atoms with van der Waals surface area (Å²) in [5, 5.41) is 4.20. The summed E-state index contributed by atoms with van der Waals surface area (Å²) in [6.45, 7) is 3.14. The first kappa shape index (κ1) is 19.0. The van der Waals surface area contributed by atoms with Crippen molar-refractivity contribution >= 4 is 24.6 Å². The van der Waals surface area contributed by atoms with Gasteiger partial charge in [0.25, 0.3) is 0 Å². The molecule has 0 N–H and O–H groups in total. The quantitative estimate of drug-likeness (QED) is 0.693. The van der Waals surface area contributed by atoms with Gasteiger partial charge in [-0.05, 0) is 38.1 Å². The zero-order valence-corrected chi connectivity index (χ0v) is 14.5. The number of halogens is 4. The maximum Gasteiger partial charge on any atom is 0.433 e. The number of hydrogen-bond acceptors (Lipinski definition) is 4. The fourth-order valence-corrected chi connectivity index (χ4v) is 3.62. The standard InChI is InChI=1S/C14H15ClF3N2O3P/c1-3-22-24(21,23-4-2)13-9-12(14(16,17)18)20(19-13)11-7-5-10(15)6-8-11/h5-9H,3-4H2,1-2H3. The summed E-state index contributed by atoms with van der Waals surface area (Å²) in [7, 11) is -3.94. The van der Waals surface area contributed by atoms with E-state index in [9.17, 15) is 17.7 Å². The van der Waals surface area contributed by atoms with Crippen molar-refractivity contribution < 1.29 is 26.8 Å². The number of rotatable bonds is 6. The molecule has 132 valence electrons. The van der Waals surface area contributed by atoms with Gasteiger partial charge >= 0.3 is 13.8 Å². The Balaban J connectivity index is 2.61. The molecule has 1 aromatic heterocycles. The van der Waals surface area contributed by atoms with Crippen LogP contribution in [0.25, 0.3) is 5.69 Å². The van der Waals surface area contributed by atoms with Crippen LogP contribution in [0, 0.1) is 0 Å². The lowest BCUT2D eigenvalue weighted by atomic mass is 10.3. The molecular weight excluding hydrogens is 368 g/mol. The summed E-state index contributed by atoms with van der Waals surface area (Å²) in [5.74, 6) is 0. The minimum absolute atomic E-state index is 0.00638. The summed E-state index contributed by atoms with van der Waals surface area (Å²) < 4.78 is 63.4. The predicted octanol–water partition coefficient (Wildman–Crippen LogP) is 4.44. The molecule has 1 heterocycles. The molecule has 1 aromatic carbocycles. The first-order valence-corrected chi connectivity index (χ1v) is 8.96. The van der Waals surface area contributed by atoms with E-state index >= 15 is 0 Å². The molecule has 0 spiro atoms. The second kappa shape index (κ2) is 7.27. The average Bonchev–Trinajstić information content (AvgIpc) is 2.94. The molecule has 0 aliphatic heterocycles. The predicted molar refractivity (Wildman–Crippen MR) is 84.1 cm³/mol. The van der Waals surface area contributed by atoms with E-state index in [0.717, 1.165) is 0 Å². The number of aromatic nitrogens is 2. The van der Waals surface area contributed by atoms with E-state index in [1.54, 1.807) is 13.8 Å². The SMILES string of the molecule is CCOP(=O)(OCC)c1cc(C(F)(F)F)n(-c2ccc(Cl)cc2)n1. The number of benzene rings is 1. The summed E-state index contributed by atoms with van der Waals surface area (Å²) in [6, 6.07) is 6.30. The Morgan fingerprint density at radius 2 is 1.71 bits per heavy atom. The molecule has 5 nitrogen and oxygen atoms in total. The Hall–Kier alpha value is -1.34. The van der Waals surface area contributed by atoms with Gasteiger partial charge in [-0.25, -0.2) is 4.68 Å². The van der Waals surface area contributed by atoms with E-state index in [2.05, 4.69) is 5.10 Å². The second-order valence-corrected chi connectivity index (χ2v) is 7.01. The van der Waals surface area contributed by atoms with Gasteiger partial charge in [-0.2, -0.15) is 18.3 Å². The van der Waals surface area contributed by atoms with E-state index in [1.165, 1.54) is 24.3 Å². The minimum atomic E-state index is -4.70. The van der Waals surface area contributed by atoms with Crippen LogP contribution < -0.4 is 5.44 Å². The van der Waals surface area contributed by atoms with Gasteiger partial charge in [0.05, 0.1) is 18.9 Å². The largest absolute Gasteiger partial charge is 0.433 e. The molecule has 0 aliphatic carbocycles. The van der Waals surface area contributed by atoms with Crippen molar-refractivity contribution in [3.63, 3.8) is 0 Å². The van der Waals surface area contributed by atoms with E-state index in [-0.39, 0.29) is 18.9 Å². The zero-order valence-electron chi connectivity index (χ0n) is 12.9. The van der Waals surface area contributed by atoms with Gasteiger partial charge in [-0.1, -0.05) is 11.6 Å². The molecule has 0 unspecified atom stereocenters. The molecule has 0 bridgehead atoms. The van der Waals surface area contributed by atoms with Crippen LogP contribution in [0.5, 0.6) is 0 Å². The van der Waals surface area contributed by atoms with Crippen LogP contribution in [0.4, 0.5) is 13.2 Å². The molecule has 0 fully saturated rings. The maximum absolute atomic E-state index is 13.3. The number of alkyl halides is 3. The van der Waals surface area contributed by atoms with Gasteiger partial charge in [0, 0.05) is 11.1 Å². The Bertz CT molecular complexity index is 737. The highest BCUT2D eigenvalue weighted by atomic mass is 35.5. The Morgan fingerprint density at radius 1 is 1.17 bits per heavy atom. The lowest BCUT2D eigenvalue weighted by molar-refractivity contribution is -0.142. The Kier molecular flexibility index (Phi) is 5.75. The fraction of sp³-hybridized carbons (Fsp3) is 0.357. The van der Waals surface area contributed by atoms with Crippen molar-refractivity contribution in [1.29, 1.82) is 0 Å². The molecule has 0 aliphatic rings. The maximum atomic E-state index is 13.3. The highest BCUT2D eigenvalue weighted by Gasteiger charge is 2.40. The smallest absolute Gasteiger partial charge is 0.304 e. The normalized spacial score (nSPS) is 12.6. The van der Waals surface area contributed by atoms with Crippen LogP contribution in [-0.2, 0) is 19.8 Å². The molecule has 0 saturated heterocycles. The third kappa shape index (κ3) is 4.00. The summed E-state index contributed by atoms with van der Waals surface area (Å²) in [5.41, 5.74) is -1.36. The molecule has 10 heteroatoms. The molecule has 2 aromatic rings. The van der Waals surface area contributed by atoms with Crippen molar-refractivity contribution in [2.75, 3.05) is 13.2 Å². The van der Waals surface area contributed by atoms with Crippen LogP contribution >= 0.6 is 19.2 Å². The highest BCUT2D eigenvalue weighted by Crippen LogP contribution is 2.47. The summed E-state index contributed by atoms with van der Waals surface area (Å²) in [4.78, 5) is 0. The Labute approximate surface area is 141 Å². The van der Waals surface area contributed by atoms with Crippen LogP contribution in [0.15, 0.2) is 30.3 Å². The Morgan fingerprint density at radius 3 is 2.17 bits per heavy atom. The van der Waals surface area contributed by atoms with E-state index in [0.29, 0.717) is 15.8 Å². The van der Waals surface area contributed by atoms with Crippen molar-refractivity contribution in [2.24, 2.45) is 0 Å². The van der Waals surface area contributed by atoms with Gasteiger partial charge in [-0.15, -0.1) is 0 Å². The lowest BCUT2D eigenvalue weighted by Crippen LogP contribution is -2.14.